The van der Waals surface area contributed by atoms with Crippen molar-refractivity contribution < 1.29 is 4.42 Å². The Hall–Kier alpha value is -6.05. The molecule has 232 valence electrons. The van der Waals surface area contributed by atoms with Crippen LogP contribution >= 0.6 is 0 Å². The van der Waals surface area contributed by atoms with Crippen LogP contribution in [0.4, 0.5) is 0 Å². The van der Waals surface area contributed by atoms with Gasteiger partial charge in [0.15, 0.2) is 5.82 Å². The maximum atomic E-state index is 9.88. The highest BCUT2D eigenvalue weighted by molar-refractivity contribution is 6.05. The first kappa shape index (κ1) is 28.0. The van der Waals surface area contributed by atoms with Gasteiger partial charge < -0.3 is 4.42 Å². The van der Waals surface area contributed by atoms with Gasteiger partial charge in [-0.3, -0.25) is 0 Å². The molecule has 49 heavy (non-hydrogen) atoms. The Balaban J connectivity index is 1.22. The summed E-state index contributed by atoms with van der Waals surface area (Å²) < 4.78 is 6.30. The molecule has 0 amide bonds. The highest BCUT2D eigenvalue weighted by Crippen LogP contribution is 2.58. The lowest BCUT2D eigenvalue weighted by atomic mass is 9.66. The second kappa shape index (κ2) is 10.7. The standard InChI is InChI=1S/C45H31N3O/c46-27-28-15-19-33-36-12-8-13-37(43(36)45(38(33)23-28)21-6-1-7-22-45)40-26-39(31-17-16-29-9-2-3-10-30(29)24-31)47-44(48-40)32-18-20-35-34-11-4-5-14-41(34)49-42(35)25-32/h2-5,8-20,23-26H,1,6-7,21-22H2. The zero-order valence-corrected chi connectivity index (χ0v) is 26.9. The third kappa shape index (κ3) is 4.29. The van der Waals surface area contributed by atoms with E-state index in [1.165, 1.54) is 52.3 Å². The molecule has 4 nitrogen and oxygen atoms in total. The van der Waals surface area contributed by atoms with Crippen molar-refractivity contribution in [2.45, 2.75) is 37.5 Å². The Bertz CT molecular complexity index is 2670. The predicted molar refractivity (Wildman–Crippen MR) is 197 cm³/mol. The van der Waals surface area contributed by atoms with Crippen LogP contribution in [0.25, 0.3) is 77.7 Å². The predicted octanol–water partition coefficient (Wildman–Crippen LogP) is 11.6. The summed E-state index contributed by atoms with van der Waals surface area (Å²) in [6, 6.07) is 47.0. The molecule has 4 heteroatoms. The summed E-state index contributed by atoms with van der Waals surface area (Å²) in [5.74, 6) is 0.667. The Labute approximate surface area is 284 Å². The molecule has 0 atom stereocenters. The van der Waals surface area contributed by atoms with Gasteiger partial charge in [-0.15, -0.1) is 0 Å². The minimum Gasteiger partial charge on any atom is -0.456 e. The molecule has 0 unspecified atom stereocenters. The van der Waals surface area contributed by atoms with Crippen molar-refractivity contribution in [1.82, 2.24) is 9.97 Å². The molecular weight excluding hydrogens is 599 g/mol. The van der Waals surface area contributed by atoms with E-state index < -0.39 is 0 Å². The summed E-state index contributed by atoms with van der Waals surface area (Å²) in [6.45, 7) is 0. The average Bonchev–Trinajstić information content (AvgIpc) is 3.67. The van der Waals surface area contributed by atoms with Crippen LogP contribution in [-0.2, 0) is 5.41 Å². The molecule has 1 fully saturated rings. The SMILES string of the molecule is N#Cc1ccc2c(c1)C1(CCCCC1)c1c(-c3cc(-c4ccc5ccccc5c4)nc(-c4ccc5c(c4)oc4ccccc45)n3)cccc1-2. The van der Waals surface area contributed by atoms with Crippen LogP contribution in [0.2, 0.25) is 0 Å². The number of hydrogen-bond acceptors (Lipinski definition) is 4. The average molecular weight is 630 g/mol. The van der Waals surface area contributed by atoms with Gasteiger partial charge in [0.25, 0.3) is 0 Å². The zero-order chi connectivity index (χ0) is 32.5. The summed E-state index contributed by atoms with van der Waals surface area (Å²) in [7, 11) is 0. The Morgan fingerprint density at radius 1 is 0.571 bits per heavy atom. The molecule has 0 N–H and O–H groups in total. The summed E-state index contributed by atoms with van der Waals surface area (Å²) in [4.78, 5) is 10.6. The van der Waals surface area contributed by atoms with E-state index in [4.69, 9.17) is 14.4 Å². The Kier molecular flexibility index (Phi) is 6.14. The van der Waals surface area contributed by atoms with Crippen molar-refractivity contribution in [1.29, 1.82) is 5.26 Å². The van der Waals surface area contributed by atoms with E-state index in [2.05, 4.69) is 109 Å². The third-order valence-electron chi connectivity index (χ3n) is 10.9. The molecule has 0 bridgehead atoms. The van der Waals surface area contributed by atoms with E-state index >= 15 is 0 Å². The molecule has 0 saturated heterocycles. The van der Waals surface area contributed by atoms with Crippen LogP contribution in [-0.4, -0.2) is 9.97 Å². The number of furan rings is 1. The molecular formula is C45H31N3O. The largest absolute Gasteiger partial charge is 0.456 e. The van der Waals surface area contributed by atoms with Crippen molar-refractivity contribution in [2.24, 2.45) is 0 Å². The second-order valence-corrected chi connectivity index (χ2v) is 13.6. The van der Waals surface area contributed by atoms with E-state index in [9.17, 15) is 5.26 Å². The minimum atomic E-state index is -0.145. The number of nitrogens with zero attached hydrogens (tertiary/aromatic N) is 3. The number of nitriles is 1. The van der Waals surface area contributed by atoms with E-state index in [1.807, 2.05) is 24.3 Å². The highest BCUT2D eigenvalue weighted by Gasteiger charge is 2.45. The minimum absolute atomic E-state index is 0.145. The third-order valence-corrected chi connectivity index (χ3v) is 10.9. The number of hydrogen-bond donors (Lipinski definition) is 0. The lowest BCUT2D eigenvalue weighted by Crippen LogP contribution is -2.29. The van der Waals surface area contributed by atoms with Crippen LogP contribution in [0.5, 0.6) is 0 Å². The van der Waals surface area contributed by atoms with Gasteiger partial charge in [0.05, 0.1) is 23.0 Å². The van der Waals surface area contributed by atoms with E-state index in [0.29, 0.717) is 5.82 Å². The number of fused-ring (bicyclic) bond motifs is 9. The fourth-order valence-corrected chi connectivity index (χ4v) is 8.64. The fourth-order valence-electron chi connectivity index (χ4n) is 8.64. The Morgan fingerprint density at radius 2 is 1.35 bits per heavy atom. The molecule has 0 radical (unpaired) electrons. The lowest BCUT2D eigenvalue weighted by Gasteiger charge is -2.37. The summed E-state index contributed by atoms with van der Waals surface area (Å²) in [5, 5.41) is 14.4. The first-order valence-electron chi connectivity index (χ1n) is 17.2. The van der Waals surface area contributed by atoms with Crippen LogP contribution in [0.1, 0.15) is 48.8 Å². The summed E-state index contributed by atoms with van der Waals surface area (Å²) >= 11 is 0. The smallest absolute Gasteiger partial charge is 0.160 e. The second-order valence-electron chi connectivity index (χ2n) is 13.6. The molecule has 2 aliphatic carbocycles. The first-order chi connectivity index (χ1) is 24.2. The van der Waals surface area contributed by atoms with E-state index in [-0.39, 0.29) is 5.41 Å². The molecule has 8 aromatic rings. The number of rotatable bonds is 3. The molecule has 6 aromatic carbocycles. The van der Waals surface area contributed by atoms with Gasteiger partial charge in [0.2, 0.25) is 0 Å². The maximum absolute atomic E-state index is 9.88. The molecule has 2 aliphatic rings. The zero-order valence-electron chi connectivity index (χ0n) is 26.9. The molecule has 0 aliphatic heterocycles. The highest BCUT2D eigenvalue weighted by atomic mass is 16.3. The van der Waals surface area contributed by atoms with Gasteiger partial charge in [0.1, 0.15) is 11.2 Å². The maximum Gasteiger partial charge on any atom is 0.160 e. The normalized spacial score (nSPS) is 14.7. The molecule has 2 aromatic heterocycles. The van der Waals surface area contributed by atoms with Crippen molar-refractivity contribution in [2.75, 3.05) is 0 Å². The quantitative estimate of drug-likeness (QED) is 0.195. The lowest BCUT2D eigenvalue weighted by molar-refractivity contribution is 0.353. The van der Waals surface area contributed by atoms with Gasteiger partial charge in [-0.25, -0.2) is 9.97 Å². The monoisotopic (exact) mass is 629 g/mol. The summed E-state index contributed by atoms with van der Waals surface area (Å²) in [6.07, 6.45) is 5.70. The van der Waals surface area contributed by atoms with Crippen LogP contribution in [0.3, 0.4) is 0 Å². The van der Waals surface area contributed by atoms with Gasteiger partial charge in [-0.05, 0) is 88.3 Å². The molecule has 1 spiro atoms. The van der Waals surface area contributed by atoms with Crippen LogP contribution < -0.4 is 0 Å². The molecule has 10 rings (SSSR count). The van der Waals surface area contributed by atoms with Gasteiger partial charge in [-0.2, -0.15) is 5.26 Å². The van der Waals surface area contributed by atoms with Crippen LogP contribution in [0, 0.1) is 11.3 Å². The van der Waals surface area contributed by atoms with Crippen molar-refractivity contribution in [3.05, 3.63) is 144 Å². The first-order valence-corrected chi connectivity index (χ1v) is 17.2. The fraction of sp³-hybridized carbons (Fsp3) is 0.133. The van der Waals surface area contributed by atoms with Gasteiger partial charge in [-0.1, -0.05) is 104 Å². The van der Waals surface area contributed by atoms with Gasteiger partial charge in [0, 0.05) is 32.9 Å². The molecule has 1 saturated carbocycles. The van der Waals surface area contributed by atoms with E-state index in [0.717, 1.165) is 68.4 Å². The van der Waals surface area contributed by atoms with Crippen molar-refractivity contribution in [3.63, 3.8) is 0 Å². The summed E-state index contributed by atoms with van der Waals surface area (Å²) in [5.41, 5.74) is 12.3. The topological polar surface area (TPSA) is 62.7 Å². The van der Waals surface area contributed by atoms with E-state index in [1.54, 1.807) is 0 Å². The van der Waals surface area contributed by atoms with Crippen LogP contribution in [0.15, 0.2) is 132 Å². The number of para-hydroxylation sites is 1. The van der Waals surface area contributed by atoms with Gasteiger partial charge >= 0.3 is 0 Å². The molecule has 2 heterocycles. The van der Waals surface area contributed by atoms with Crippen molar-refractivity contribution in [3.8, 4) is 51.1 Å². The number of aromatic nitrogens is 2. The van der Waals surface area contributed by atoms with Crippen molar-refractivity contribution >= 4 is 32.7 Å². The number of benzene rings is 6. The Morgan fingerprint density at radius 3 is 2.24 bits per heavy atom.